The third-order valence-electron chi connectivity index (χ3n) is 6.95. The van der Waals surface area contributed by atoms with Crippen molar-refractivity contribution in [3.05, 3.63) is 52.0 Å². The van der Waals surface area contributed by atoms with E-state index in [-0.39, 0.29) is 11.8 Å². The van der Waals surface area contributed by atoms with Crippen LogP contribution >= 0.6 is 11.3 Å². The van der Waals surface area contributed by atoms with Gasteiger partial charge < -0.3 is 15.2 Å². The number of nitriles is 1. The minimum absolute atomic E-state index is 0.0219. The maximum atomic E-state index is 12.9. The lowest BCUT2D eigenvalue weighted by molar-refractivity contribution is -0.116. The summed E-state index contributed by atoms with van der Waals surface area (Å²) in [6, 6.07) is 12.1. The molecule has 3 aromatic rings. The number of carbonyl (C=O) groups excluding carboxylic acids is 2. The first kappa shape index (κ1) is 22.6. The molecule has 2 amide bonds. The lowest BCUT2D eigenvalue weighted by atomic mass is 9.89. The molecule has 0 spiro atoms. The van der Waals surface area contributed by atoms with Crippen molar-refractivity contribution in [2.45, 2.75) is 32.6 Å². The van der Waals surface area contributed by atoms with Crippen LogP contribution in [0.5, 0.6) is 0 Å². The Morgan fingerprint density at radius 1 is 1.24 bits per heavy atom. The molecule has 1 unspecified atom stereocenters. The van der Waals surface area contributed by atoms with Crippen LogP contribution in [-0.4, -0.2) is 59.3 Å². The fraction of sp³-hybridized carbons (Fsp3) is 0.423. The lowest BCUT2D eigenvalue weighted by Crippen LogP contribution is -2.49. The number of nitrogens with one attached hydrogen (secondary N) is 2. The van der Waals surface area contributed by atoms with E-state index < -0.39 is 0 Å². The quantitative estimate of drug-likeness (QED) is 0.583. The molecule has 1 fully saturated rings. The molecule has 1 atom stereocenters. The van der Waals surface area contributed by atoms with Gasteiger partial charge >= 0.3 is 0 Å². The number of fused-ring (bicyclic) bond motifs is 2. The Kier molecular flexibility index (Phi) is 6.40. The van der Waals surface area contributed by atoms with Crippen molar-refractivity contribution in [3.8, 4) is 6.07 Å². The number of benzene rings is 1. The van der Waals surface area contributed by atoms with Gasteiger partial charge in [0.15, 0.2) is 0 Å². The van der Waals surface area contributed by atoms with Gasteiger partial charge in [-0.2, -0.15) is 5.26 Å². The molecule has 1 aliphatic carbocycles. The third-order valence-corrected chi connectivity index (χ3v) is 8.12. The minimum atomic E-state index is -0.0558. The summed E-state index contributed by atoms with van der Waals surface area (Å²) in [5.41, 5.74) is 3.38. The van der Waals surface area contributed by atoms with Gasteiger partial charge in [-0.25, -0.2) is 0 Å². The fourth-order valence-electron chi connectivity index (χ4n) is 4.94. The Morgan fingerprint density at radius 3 is 2.79 bits per heavy atom. The van der Waals surface area contributed by atoms with E-state index >= 15 is 0 Å². The van der Waals surface area contributed by atoms with E-state index in [4.69, 9.17) is 0 Å². The Hall–Kier alpha value is -3.15. The van der Waals surface area contributed by atoms with E-state index in [0.717, 1.165) is 48.8 Å². The molecule has 5 rings (SSSR count). The van der Waals surface area contributed by atoms with Crippen LogP contribution in [0.3, 0.4) is 0 Å². The van der Waals surface area contributed by atoms with Gasteiger partial charge in [0.2, 0.25) is 5.91 Å². The van der Waals surface area contributed by atoms with E-state index in [0.29, 0.717) is 48.2 Å². The van der Waals surface area contributed by atoms with Crippen molar-refractivity contribution >= 4 is 39.1 Å². The van der Waals surface area contributed by atoms with E-state index in [1.807, 2.05) is 35.2 Å². The van der Waals surface area contributed by atoms with E-state index in [1.165, 1.54) is 4.88 Å². The number of hydrogen-bond acceptors (Lipinski definition) is 5. The molecule has 0 saturated carbocycles. The zero-order chi connectivity index (χ0) is 23.7. The van der Waals surface area contributed by atoms with Crippen molar-refractivity contribution < 1.29 is 9.59 Å². The number of aromatic nitrogens is 1. The highest BCUT2D eigenvalue weighted by molar-refractivity contribution is 7.16. The normalized spacial score (nSPS) is 18.5. The third kappa shape index (κ3) is 4.59. The van der Waals surface area contributed by atoms with Crippen molar-refractivity contribution in [2.24, 2.45) is 5.92 Å². The molecular formula is C26H29N5O2S. The van der Waals surface area contributed by atoms with Crippen LogP contribution in [0.2, 0.25) is 0 Å². The zero-order valence-electron chi connectivity index (χ0n) is 19.4. The topological polar surface area (TPSA) is 92.2 Å². The second-order valence-electron chi connectivity index (χ2n) is 9.37. The maximum absolute atomic E-state index is 12.9. The Balaban J connectivity index is 1.12. The number of anilines is 1. The summed E-state index contributed by atoms with van der Waals surface area (Å²) in [5, 5.41) is 14.4. The van der Waals surface area contributed by atoms with E-state index in [1.54, 1.807) is 11.3 Å². The van der Waals surface area contributed by atoms with Gasteiger partial charge in [0, 0.05) is 54.9 Å². The largest absolute Gasteiger partial charge is 0.351 e. The number of nitrogens with zero attached hydrogens (tertiary/aromatic N) is 3. The number of H-pyrrole nitrogens is 1. The second-order valence-corrected chi connectivity index (χ2v) is 10.5. The number of rotatable bonds is 5. The molecule has 1 saturated heterocycles. The van der Waals surface area contributed by atoms with Crippen LogP contribution in [0.15, 0.2) is 30.3 Å². The van der Waals surface area contributed by atoms with Gasteiger partial charge in [-0.1, -0.05) is 25.1 Å². The molecule has 0 bridgehead atoms. The number of hydrogen-bond donors (Lipinski definition) is 2. The summed E-state index contributed by atoms with van der Waals surface area (Å²) in [4.78, 5) is 34.1. The Morgan fingerprint density at radius 2 is 2.03 bits per heavy atom. The molecule has 8 heteroatoms. The SMILES string of the molecule is CC1CCc2c(sc(NC(=O)CCN3CCN(C(=O)c4cc5ccccc5[nH]4)CC3)c2C#N)C1. The zero-order valence-corrected chi connectivity index (χ0v) is 20.2. The molecule has 34 heavy (non-hydrogen) atoms. The molecule has 3 heterocycles. The van der Waals surface area contributed by atoms with Crippen molar-refractivity contribution in [1.29, 1.82) is 5.26 Å². The Labute approximate surface area is 203 Å². The van der Waals surface area contributed by atoms with Gasteiger partial charge in [-0.3, -0.25) is 14.5 Å². The molecule has 2 N–H and O–H groups in total. The maximum Gasteiger partial charge on any atom is 0.270 e. The number of para-hydroxylation sites is 1. The van der Waals surface area contributed by atoms with Crippen LogP contribution in [0, 0.1) is 17.2 Å². The molecule has 176 valence electrons. The molecule has 2 aliphatic rings. The van der Waals surface area contributed by atoms with Gasteiger partial charge in [-0.15, -0.1) is 11.3 Å². The molecular weight excluding hydrogens is 446 g/mol. The van der Waals surface area contributed by atoms with E-state index in [2.05, 4.69) is 28.2 Å². The van der Waals surface area contributed by atoms with Crippen LogP contribution in [0.1, 0.15) is 46.3 Å². The summed E-state index contributed by atoms with van der Waals surface area (Å²) >= 11 is 1.57. The number of amides is 2. The fourth-order valence-corrected chi connectivity index (χ4v) is 6.32. The summed E-state index contributed by atoms with van der Waals surface area (Å²) < 4.78 is 0. The van der Waals surface area contributed by atoms with E-state index in [9.17, 15) is 14.9 Å². The minimum Gasteiger partial charge on any atom is -0.351 e. The predicted octanol–water partition coefficient (Wildman–Crippen LogP) is 4.01. The molecule has 7 nitrogen and oxygen atoms in total. The highest BCUT2D eigenvalue weighted by Gasteiger charge is 2.26. The van der Waals surface area contributed by atoms with Gasteiger partial charge in [0.25, 0.3) is 5.91 Å². The number of thiophene rings is 1. The monoisotopic (exact) mass is 475 g/mol. The second kappa shape index (κ2) is 9.61. The summed E-state index contributed by atoms with van der Waals surface area (Å²) in [6.45, 7) is 5.65. The molecule has 1 aromatic carbocycles. The van der Waals surface area contributed by atoms with Gasteiger partial charge in [-0.05, 0) is 42.9 Å². The lowest BCUT2D eigenvalue weighted by Gasteiger charge is -2.34. The number of piperazine rings is 1. The molecule has 2 aromatic heterocycles. The molecule has 1 aliphatic heterocycles. The van der Waals surface area contributed by atoms with Crippen molar-refractivity contribution in [1.82, 2.24) is 14.8 Å². The number of carbonyl (C=O) groups is 2. The standard InChI is InChI=1S/C26H29N5O2S/c1-17-6-7-19-20(16-27)25(34-23(19)14-17)29-24(32)8-9-30-10-12-31(13-11-30)26(33)22-15-18-4-2-3-5-21(18)28-22/h2-5,15,17,28H,6-14H2,1H3,(H,29,32). The highest BCUT2D eigenvalue weighted by atomic mass is 32.1. The summed E-state index contributed by atoms with van der Waals surface area (Å²) in [6.07, 6.45) is 3.39. The first-order valence-electron chi connectivity index (χ1n) is 12.0. The van der Waals surface area contributed by atoms with Crippen LogP contribution in [0.4, 0.5) is 5.00 Å². The van der Waals surface area contributed by atoms with Crippen molar-refractivity contribution in [2.75, 3.05) is 38.0 Å². The average molecular weight is 476 g/mol. The Bertz CT molecular complexity index is 1230. The van der Waals surface area contributed by atoms with Gasteiger partial charge in [0.05, 0.1) is 5.56 Å². The smallest absolute Gasteiger partial charge is 0.270 e. The van der Waals surface area contributed by atoms with Crippen LogP contribution < -0.4 is 5.32 Å². The van der Waals surface area contributed by atoms with Crippen LogP contribution in [-0.2, 0) is 17.6 Å². The first-order valence-corrected chi connectivity index (χ1v) is 12.8. The molecule has 0 radical (unpaired) electrons. The van der Waals surface area contributed by atoms with Crippen molar-refractivity contribution in [3.63, 3.8) is 0 Å². The highest BCUT2D eigenvalue weighted by Crippen LogP contribution is 2.39. The van der Waals surface area contributed by atoms with Crippen LogP contribution in [0.25, 0.3) is 10.9 Å². The van der Waals surface area contributed by atoms with Gasteiger partial charge in [0.1, 0.15) is 16.8 Å². The number of aromatic amines is 1. The summed E-state index contributed by atoms with van der Waals surface area (Å²) in [7, 11) is 0. The first-order chi connectivity index (χ1) is 16.5. The predicted molar refractivity (Wildman–Crippen MR) is 134 cm³/mol. The summed E-state index contributed by atoms with van der Waals surface area (Å²) in [5.74, 6) is 0.594. The average Bonchev–Trinajstić information content (AvgIpc) is 3.43.